The van der Waals surface area contributed by atoms with Gasteiger partial charge in [-0.3, -0.25) is 9.88 Å². The van der Waals surface area contributed by atoms with Crippen molar-refractivity contribution in [3.05, 3.63) is 70.2 Å². The number of likely N-dealkylation sites (tertiary alicyclic amines) is 1. The van der Waals surface area contributed by atoms with Crippen LogP contribution in [0, 0.1) is 0 Å². The van der Waals surface area contributed by atoms with Crippen molar-refractivity contribution >= 4 is 11.1 Å². The number of hydrogen-bond donors (Lipinski definition) is 2. The minimum atomic E-state index is -0.401. The van der Waals surface area contributed by atoms with Crippen molar-refractivity contribution in [3.8, 4) is 0 Å². The van der Waals surface area contributed by atoms with Gasteiger partial charge in [0.2, 0.25) is 0 Å². The molecule has 5 heteroatoms. The van der Waals surface area contributed by atoms with Crippen LogP contribution in [0.15, 0.2) is 57.7 Å². The first kappa shape index (κ1) is 17.1. The summed E-state index contributed by atoms with van der Waals surface area (Å²) >= 11 is 0. The number of nitrogens with zero attached hydrogens (tertiary/aromatic N) is 1. The Hall–Kier alpha value is -2.37. The zero-order valence-corrected chi connectivity index (χ0v) is 15.1. The quantitative estimate of drug-likeness (QED) is 0.739. The van der Waals surface area contributed by atoms with Crippen molar-refractivity contribution in [2.45, 2.75) is 38.4 Å². The number of oxazole rings is 1. The lowest BCUT2D eigenvalue weighted by Gasteiger charge is -2.35. The number of aromatic nitrogens is 1. The van der Waals surface area contributed by atoms with Crippen LogP contribution in [0.2, 0.25) is 0 Å². The smallest absolute Gasteiger partial charge is 0.408 e. The van der Waals surface area contributed by atoms with Crippen LogP contribution in [0.25, 0.3) is 11.1 Å². The first-order chi connectivity index (χ1) is 12.7. The normalized spacial score (nSPS) is 19.7. The number of piperidine rings is 1. The van der Waals surface area contributed by atoms with Crippen LogP contribution in [0.1, 0.15) is 36.9 Å². The molecule has 1 fully saturated rings. The van der Waals surface area contributed by atoms with Crippen LogP contribution in [-0.2, 0) is 6.54 Å². The summed E-state index contributed by atoms with van der Waals surface area (Å²) in [4.78, 5) is 16.5. The van der Waals surface area contributed by atoms with E-state index in [1.807, 2.05) is 12.1 Å². The van der Waals surface area contributed by atoms with Gasteiger partial charge in [0.05, 0.1) is 5.52 Å². The van der Waals surface area contributed by atoms with Gasteiger partial charge in [-0.25, -0.2) is 4.79 Å². The lowest BCUT2D eigenvalue weighted by Crippen LogP contribution is -2.46. The molecule has 0 aliphatic carbocycles. The molecule has 1 aromatic heterocycles. The summed E-state index contributed by atoms with van der Waals surface area (Å²) in [7, 11) is 0. The number of benzene rings is 2. The number of aromatic amines is 1. The largest absolute Gasteiger partial charge is 0.417 e. The lowest BCUT2D eigenvalue weighted by atomic mass is 10.0. The second-order valence-corrected chi connectivity index (χ2v) is 7.22. The number of fused-ring (bicyclic) bond motifs is 1. The minimum Gasteiger partial charge on any atom is -0.408 e. The average Bonchev–Trinajstić information content (AvgIpc) is 3.02. The van der Waals surface area contributed by atoms with E-state index >= 15 is 0 Å². The van der Waals surface area contributed by atoms with E-state index in [2.05, 4.69) is 58.5 Å². The number of H-pyrrole nitrogens is 1. The van der Waals surface area contributed by atoms with Gasteiger partial charge < -0.3 is 9.73 Å². The second kappa shape index (κ2) is 7.48. The van der Waals surface area contributed by atoms with E-state index < -0.39 is 5.76 Å². The van der Waals surface area contributed by atoms with Gasteiger partial charge in [-0.2, -0.15) is 0 Å². The molecule has 2 aromatic carbocycles. The van der Waals surface area contributed by atoms with E-state index in [0.717, 1.165) is 30.7 Å². The van der Waals surface area contributed by atoms with Gasteiger partial charge in [-0.1, -0.05) is 36.4 Å². The molecule has 5 nitrogen and oxygen atoms in total. The molecule has 2 atom stereocenters. The fourth-order valence-electron chi connectivity index (χ4n) is 3.86. The standard InChI is InChI=1S/C21H25N3O2/c1-15(17-9-10-19-20(12-17)26-21(25)23-19)22-18-8-5-11-24(14-18)13-16-6-3-2-4-7-16/h2-4,6-7,9-10,12,15,18,22H,5,8,11,13-14H2,1H3,(H,23,25). The van der Waals surface area contributed by atoms with E-state index in [-0.39, 0.29) is 6.04 Å². The van der Waals surface area contributed by atoms with Crippen molar-refractivity contribution in [2.24, 2.45) is 0 Å². The summed E-state index contributed by atoms with van der Waals surface area (Å²) in [6.45, 7) is 5.39. The summed E-state index contributed by atoms with van der Waals surface area (Å²) in [5.74, 6) is -0.401. The van der Waals surface area contributed by atoms with Crippen LogP contribution >= 0.6 is 0 Å². The molecule has 2 N–H and O–H groups in total. The molecule has 0 saturated carbocycles. The number of rotatable bonds is 5. The third-order valence-electron chi connectivity index (χ3n) is 5.19. The van der Waals surface area contributed by atoms with E-state index in [1.54, 1.807) is 0 Å². The predicted molar refractivity (Wildman–Crippen MR) is 103 cm³/mol. The molecule has 0 spiro atoms. The number of nitrogens with one attached hydrogen (secondary N) is 2. The van der Waals surface area contributed by atoms with Gasteiger partial charge >= 0.3 is 5.76 Å². The third kappa shape index (κ3) is 3.89. The van der Waals surface area contributed by atoms with Gasteiger partial charge in [-0.15, -0.1) is 0 Å². The molecule has 1 aliphatic rings. The summed E-state index contributed by atoms with van der Waals surface area (Å²) in [6, 6.07) is 17.3. The maximum Gasteiger partial charge on any atom is 0.417 e. The van der Waals surface area contributed by atoms with Crippen molar-refractivity contribution in [3.63, 3.8) is 0 Å². The van der Waals surface area contributed by atoms with Crippen LogP contribution in [-0.4, -0.2) is 29.0 Å². The van der Waals surface area contributed by atoms with Crippen LogP contribution in [0.5, 0.6) is 0 Å². The van der Waals surface area contributed by atoms with Crippen molar-refractivity contribution in [1.29, 1.82) is 0 Å². The fourth-order valence-corrected chi connectivity index (χ4v) is 3.86. The van der Waals surface area contributed by atoms with Gasteiger partial charge in [0, 0.05) is 25.2 Å². The Morgan fingerprint density at radius 3 is 2.96 bits per heavy atom. The van der Waals surface area contributed by atoms with Crippen molar-refractivity contribution < 1.29 is 4.42 Å². The number of hydrogen-bond acceptors (Lipinski definition) is 4. The Morgan fingerprint density at radius 1 is 1.27 bits per heavy atom. The molecule has 136 valence electrons. The molecule has 1 saturated heterocycles. The van der Waals surface area contributed by atoms with Gasteiger partial charge in [0.15, 0.2) is 5.58 Å². The van der Waals surface area contributed by atoms with Gasteiger partial charge in [-0.05, 0) is 49.6 Å². The molecular weight excluding hydrogens is 326 g/mol. The van der Waals surface area contributed by atoms with E-state index in [0.29, 0.717) is 11.6 Å². The molecule has 3 aromatic rings. The Balaban J connectivity index is 1.39. The van der Waals surface area contributed by atoms with Crippen LogP contribution in [0.3, 0.4) is 0 Å². The molecule has 2 heterocycles. The molecular formula is C21H25N3O2. The lowest BCUT2D eigenvalue weighted by molar-refractivity contribution is 0.177. The molecule has 4 rings (SSSR count). The zero-order valence-electron chi connectivity index (χ0n) is 15.1. The maximum absolute atomic E-state index is 11.3. The maximum atomic E-state index is 11.3. The van der Waals surface area contributed by atoms with Crippen molar-refractivity contribution in [1.82, 2.24) is 15.2 Å². The monoisotopic (exact) mass is 351 g/mol. The highest BCUT2D eigenvalue weighted by Crippen LogP contribution is 2.21. The topological polar surface area (TPSA) is 61.3 Å². The van der Waals surface area contributed by atoms with Crippen LogP contribution < -0.4 is 11.1 Å². The highest BCUT2D eigenvalue weighted by molar-refractivity contribution is 5.72. The van der Waals surface area contributed by atoms with Crippen LogP contribution in [0.4, 0.5) is 0 Å². The molecule has 26 heavy (non-hydrogen) atoms. The first-order valence-electron chi connectivity index (χ1n) is 9.32. The zero-order chi connectivity index (χ0) is 17.9. The molecule has 0 bridgehead atoms. The third-order valence-corrected chi connectivity index (χ3v) is 5.19. The molecule has 2 unspecified atom stereocenters. The summed E-state index contributed by atoms with van der Waals surface area (Å²) < 4.78 is 5.19. The average molecular weight is 351 g/mol. The van der Waals surface area contributed by atoms with E-state index in [4.69, 9.17) is 4.42 Å². The molecule has 0 amide bonds. The summed E-state index contributed by atoms with van der Waals surface area (Å²) in [5.41, 5.74) is 3.88. The summed E-state index contributed by atoms with van der Waals surface area (Å²) in [5, 5.41) is 3.75. The second-order valence-electron chi connectivity index (χ2n) is 7.22. The predicted octanol–water partition coefficient (Wildman–Crippen LogP) is 3.44. The Labute approximate surface area is 153 Å². The molecule has 1 aliphatic heterocycles. The van der Waals surface area contributed by atoms with Gasteiger partial charge in [0.1, 0.15) is 0 Å². The van der Waals surface area contributed by atoms with E-state index in [1.165, 1.54) is 18.4 Å². The highest BCUT2D eigenvalue weighted by Gasteiger charge is 2.22. The Kier molecular flexibility index (Phi) is 4.91. The summed E-state index contributed by atoms with van der Waals surface area (Å²) in [6.07, 6.45) is 2.40. The first-order valence-corrected chi connectivity index (χ1v) is 9.32. The van der Waals surface area contributed by atoms with E-state index in [9.17, 15) is 4.79 Å². The SMILES string of the molecule is CC(NC1CCCN(Cc2ccccc2)C1)c1ccc2[nH]c(=O)oc2c1. The van der Waals surface area contributed by atoms with Gasteiger partial charge in [0.25, 0.3) is 0 Å². The minimum absolute atomic E-state index is 0.210. The highest BCUT2D eigenvalue weighted by atomic mass is 16.4. The molecule has 0 radical (unpaired) electrons. The Bertz CT molecular complexity index is 916. The Morgan fingerprint density at radius 2 is 2.12 bits per heavy atom. The fraction of sp³-hybridized carbons (Fsp3) is 0.381. The van der Waals surface area contributed by atoms with Crippen molar-refractivity contribution in [2.75, 3.05) is 13.1 Å².